The van der Waals surface area contributed by atoms with Crippen LogP contribution in [0.1, 0.15) is 26.3 Å². The lowest BCUT2D eigenvalue weighted by Gasteiger charge is -2.18. The topological polar surface area (TPSA) is 71.5 Å². The zero-order valence-electron chi connectivity index (χ0n) is 16.5. The molecule has 0 fully saturated rings. The van der Waals surface area contributed by atoms with Gasteiger partial charge >= 0.3 is 0 Å². The molecule has 0 saturated carbocycles. The highest BCUT2D eigenvalue weighted by Gasteiger charge is 2.13. The molecule has 2 amide bonds. The number of hydrogen-bond acceptors (Lipinski definition) is 4. The van der Waals surface area contributed by atoms with Gasteiger partial charge in [0.25, 0.3) is 11.8 Å². The van der Waals surface area contributed by atoms with Gasteiger partial charge in [0.05, 0.1) is 12.1 Å². The molecule has 0 atom stereocenters. The monoisotopic (exact) mass is 389 g/mol. The number of nitrogens with one attached hydrogen (secondary N) is 1. The summed E-state index contributed by atoms with van der Waals surface area (Å²) < 4.78 is 5.71. The zero-order valence-corrected chi connectivity index (χ0v) is 16.5. The largest absolute Gasteiger partial charge is 0.492 e. The van der Waals surface area contributed by atoms with Gasteiger partial charge in [0.2, 0.25) is 0 Å². The minimum Gasteiger partial charge on any atom is -0.492 e. The van der Waals surface area contributed by atoms with Crippen LogP contribution in [0.3, 0.4) is 0 Å². The lowest BCUT2D eigenvalue weighted by Crippen LogP contribution is -2.31. The number of benzene rings is 2. The third-order valence-corrected chi connectivity index (χ3v) is 4.32. The highest BCUT2D eigenvalue weighted by atomic mass is 16.5. The van der Waals surface area contributed by atoms with Crippen LogP contribution in [0, 0.1) is 6.92 Å². The summed E-state index contributed by atoms with van der Waals surface area (Å²) in [6, 6.07) is 18.0. The maximum absolute atomic E-state index is 12.7. The molecule has 1 heterocycles. The Balaban J connectivity index is 1.57. The Hall–Kier alpha value is -3.67. The minimum atomic E-state index is -0.275. The smallest absolute Gasteiger partial charge is 0.257 e. The Morgan fingerprint density at radius 2 is 1.83 bits per heavy atom. The van der Waals surface area contributed by atoms with E-state index in [0.29, 0.717) is 30.0 Å². The Bertz CT molecular complexity index is 989. The van der Waals surface area contributed by atoms with E-state index in [1.165, 1.54) is 6.20 Å². The van der Waals surface area contributed by atoms with Crippen molar-refractivity contribution in [1.82, 2.24) is 9.88 Å². The first-order chi connectivity index (χ1) is 14.0. The van der Waals surface area contributed by atoms with Gasteiger partial charge in [-0.2, -0.15) is 0 Å². The molecule has 0 unspecified atom stereocenters. The molecule has 0 aliphatic rings. The third-order valence-electron chi connectivity index (χ3n) is 4.32. The fourth-order valence-corrected chi connectivity index (χ4v) is 2.76. The van der Waals surface area contributed by atoms with Gasteiger partial charge in [-0.15, -0.1) is 0 Å². The molecule has 6 nitrogen and oxygen atoms in total. The Kier molecular flexibility index (Phi) is 6.58. The molecular weight excluding hydrogens is 366 g/mol. The van der Waals surface area contributed by atoms with Gasteiger partial charge in [0, 0.05) is 30.7 Å². The van der Waals surface area contributed by atoms with Gasteiger partial charge in [-0.1, -0.05) is 18.2 Å². The van der Waals surface area contributed by atoms with Gasteiger partial charge in [-0.05, 0) is 55.0 Å². The number of likely N-dealkylation sites (N-methyl/N-ethyl adjacent to an activating group) is 1. The van der Waals surface area contributed by atoms with E-state index in [-0.39, 0.29) is 11.8 Å². The third kappa shape index (κ3) is 5.65. The van der Waals surface area contributed by atoms with Crippen LogP contribution in [-0.2, 0) is 0 Å². The number of pyridine rings is 1. The van der Waals surface area contributed by atoms with Crippen molar-refractivity contribution in [2.24, 2.45) is 0 Å². The van der Waals surface area contributed by atoms with Crippen LogP contribution >= 0.6 is 0 Å². The number of rotatable bonds is 7. The lowest BCUT2D eigenvalue weighted by molar-refractivity contribution is 0.0773. The van der Waals surface area contributed by atoms with Crippen LogP contribution in [0.2, 0.25) is 0 Å². The molecule has 148 valence electrons. The van der Waals surface area contributed by atoms with Crippen molar-refractivity contribution < 1.29 is 14.3 Å². The quantitative estimate of drug-likeness (QED) is 0.667. The first kappa shape index (κ1) is 20.1. The van der Waals surface area contributed by atoms with E-state index < -0.39 is 0 Å². The predicted molar refractivity (Wildman–Crippen MR) is 112 cm³/mol. The number of aromatic nitrogens is 1. The molecule has 3 aromatic rings. The summed E-state index contributed by atoms with van der Waals surface area (Å²) in [5, 5.41) is 2.79. The van der Waals surface area contributed by atoms with Crippen molar-refractivity contribution in [1.29, 1.82) is 0 Å². The highest BCUT2D eigenvalue weighted by molar-refractivity contribution is 6.04. The number of ether oxygens (including phenoxy) is 1. The number of carbonyl (C=O) groups is 2. The van der Waals surface area contributed by atoms with Gasteiger partial charge in [0.1, 0.15) is 12.4 Å². The van der Waals surface area contributed by atoms with Crippen molar-refractivity contribution in [3.63, 3.8) is 0 Å². The summed E-state index contributed by atoms with van der Waals surface area (Å²) in [4.78, 5) is 30.5. The molecule has 0 radical (unpaired) electrons. The molecule has 0 aliphatic carbocycles. The second-order valence-corrected chi connectivity index (χ2v) is 6.67. The van der Waals surface area contributed by atoms with Gasteiger partial charge in [0.15, 0.2) is 0 Å². The van der Waals surface area contributed by atoms with Crippen molar-refractivity contribution >= 4 is 17.5 Å². The van der Waals surface area contributed by atoms with Gasteiger partial charge in [-0.3, -0.25) is 14.6 Å². The van der Waals surface area contributed by atoms with Crippen LogP contribution in [0.5, 0.6) is 5.75 Å². The summed E-state index contributed by atoms with van der Waals surface area (Å²) in [5.74, 6) is 0.365. The standard InChI is InChI=1S/C23H23N3O3/c1-17-6-3-10-21(14-17)29-13-12-26(2)23(28)18-7-4-9-20(15-18)25-22(27)19-8-5-11-24-16-19/h3-11,14-16H,12-13H2,1-2H3,(H,25,27). The average Bonchev–Trinajstić information content (AvgIpc) is 2.74. The van der Waals surface area contributed by atoms with E-state index >= 15 is 0 Å². The Labute approximate surface area is 170 Å². The summed E-state index contributed by atoms with van der Waals surface area (Å²) in [7, 11) is 1.73. The Morgan fingerprint density at radius 1 is 1.03 bits per heavy atom. The van der Waals surface area contributed by atoms with Crippen molar-refractivity contribution in [3.8, 4) is 5.75 Å². The van der Waals surface area contributed by atoms with Gasteiger partial charge in [-0.25, -0.2) is 0 Å². The first-order valence-electron chi connectivity index (χ1n) is 9.29. The molecule has 0 saturated heterocycles. The van der Waals surface area contributed by atoms with Crippen LogP contribution < -0.4 is 10.1 Å². The maximum atomic E-state index is 12.7. The molecule has 3 rings (SSSR count). The molecular formula is C23H23N3O3. The molecule has 0 spiro atoms. The molecule has 1 aromatic heterocycles. The second-order valence-electron chi connectivity index (χ2n) is 6.67. The first-order valence-corrected chi connectivity index (χ1v) is 9.29. The number of nitrogens with zero attached hydrogens (tertiary/aromatic N) is 2. The van der Waals surface area contributed by atoms with Crippen molar-refractivity contribution in [2.75, 3.05) is 25.5 Å². The second kappa shape index (κ2) is 9.50. The van der Waals surface area contributed by atoms with Crippen LogP contribution in [0.4, 0.5) is 5.69 Å². The average molecular weight is 389 g/mol. The Morgan fingerprint density at radius 3 is 2.59 bits per heavy atom. The summed E-state index contributed by atoms with van der Waals surface area (Å²) >= 11 is 0. The number of hydrogen-bond donors (Lipinski definition) is 1. The van der Waals surface area contributed by atoms with E-state index in [1.807, 2.05) is 31.2 Å². The van der Waals surface area contributed by atoms with Crippen molar-refractivity contribution in [2.45, 2.75) is 6.92 Å². The maximum Gasteiger partial charge on any atom is 0.257 e. The highest BCUT2D eigenvalue weighted by Crippen LogP contribution is 2.15. The molecule has 0 bridgehead atoms. The number of aryl methyl sites for hydroxylation is 1. The van der Waals surface area contributed by atoms with E-state index in [0.717, 1.165) is 11.3 Å². The number of amides is 2. The van der Waals surface area contributed by atoms with Crippen molar-refractivity contribution in [3.05, 3.63) is 89.7 Å². The molecule has 0 aliphatic heterocycles. The van der Waals surface area contributed by atoms with Crippen LogP contribution in [-0.4, -0.2) is 41.9 Å². The lowest BCUT2D eigenvalue weighted by atomic mass is 10.1. The fraction of sp³-hybridized carbons (Fsp3) is 0.174. The summed E-state index contributed by atoms with van der Waals surface area (Å²) in [6.07, 6.45) is 3.10. The summed E-state index contributed by atoms with van der Waals surface area (Å²) in [5.41, 5.74) is 2.62. The summed E-state index contributed by atoms with van der Waals surface area (Å²) in [6.45, 7) is 2.84. The number of anilines is 1. The van der Waals surface area contributed by atoms with Gasteiger partial charge < -0.3 is 15.0 Å². The predicted octanol–water partition coefficient (Wildman–Crippen LogP) is 3.79. The SMILES string of the molecule is Cc1cccc(OCCN(C)C(=O)c2cccc(NC(=O)c3cccnc3)c2)c1. The molecule has 2 aromatic carbocycles. The molecule has 6 heteroatoms. The normalized spacial score (nSPS) is 10.3. The molecule has 29 heavy (non-hydrogen) atoms. The van der Waals surface area contributed by atoms with Crippen LogP contribution in [0.15, 0.2) is 73.1 Å². The number of carbonyl (C=O) groups excluding carboxylic acids is 2. The van der Waals surface area contributed by atoms with Crippen LogP contribution in [0.25, 0.3) is 0 Å². The zero-order chi connectivity index (χ0) is 20.6. The van der Waals surface area contributed by atoms with E-state index in [4.69, 9.17) is 4.74 Å². The molecule has 1 N–H and O–H groups in total. The van der Waals surface area contributed by atoms with E-state index in [9.17, 15) is 9.59 Å². The fourth-order valence-electron chi connectivity index (χ4n) is 2.76. The minimum absolute atomic E-state index is 0.143. The van der Waals surface area contributed by atoms with E-state index in [1.54, 1.807) is 54.5 Å². The van der Waals surface area contributed by atoms with E-state index in [2.05, 4.69) is 10.3 Å².